The Bertz CT molecular complexity index is 559. The standard InChI is InChI=1S/C10H10N4O2/c15-9(16)10(2-3-10)14-8-6-1-4-11-7(6)12-5-13-8/h1,4-5H,2-3H2,(H,15,16)(H2,11,12,13,14). The highest BCUT2D eigenvalue weighted by Crippen LogP contribution is 2.39. The number of H-pyrrole nitrogens is 1. The maximum atomic E-state index is 11.0. The number of hydrogen-bond donors (Lipinski definition) is 3. The largest absolute Gasteiger partial charge is 0.480 e. The van der Waals surface area contributed by atoms with Gasteiger partial charge in [0, 0.05) is 6.20 Å². The van der Waals surface area contributed by atoms with Crippen molar-refractivity contribution in [2.75, 3.05) is 5.32 Å². The van der Waals surface area contributed by atoms with Crippen molar-refractivity contribution in [1.82, 2.24) is 15.0 Å². The van der Waals surface area contributed by atoms with Gasteiger partial charge in [-0.2, -0.15) is 0 Å². The number of aromatic amines is 1. The molecule has 6 heteroatoms. The van der Waals surface area contributed by atoms with E-state index in [0.717, 1.165) is 5.39 Å². The summed E-state index contributed by atoms with van der Waals surface area (Å²) in [4.78, 5) is 22.1. The Labute approximate surface area is 90.7 Å². The van der Waals surface area contributed by atoms with Crippen LogP contribution in [0.1, 0.15) is 12.8 Å². The minimum Gasteiger partial charge on any atom is -0.480 e. The highest BCUT2D eigenvalue weighted by molar-refractivity contribution is 5.92. The molecule has 0 atom stereocenters. The molecule has 0 aromatic carbocycles. The summed E-state index contributed by atoms with van der Waals surface area (Å²) in [5.74, 6) is -0.249. The van der Waals surface area contributed by atoms with Gasteiger partial charge in [0.25, 0.3) is 0 Å². The molecule has 2 heterocycles. The van der Waals surface area contributed by atoms with Gasteiger partial charge in [-0.3, -0.25) is 0 Å². The average molecular weight is 218 g/mol. The van der Waals surface area contributed by atoms with Gasteiger partial charge in [0.15, 0.2) is 0 Å². The molecular weight excluding hydrogens is 208 g/mol. The van der Waals surface area contributed by atoms with E-state index in [1.54, 1.807) is 6.20 Å². The van der Waals surface area contributed by atoms with Crippen LogP contribution in [0.25, 0.3) is 11.0 Å². The Morgan fingerprint density at radius 2 is 2.31 bits per heavy atom. The summed E-state index contributed by atoms with van der Waals surface area (Å²) in [7, 11) is 0. The summed E-state index contributed by atoms with van der Waals surface area (Å²) in [6.45, 7) is 0. The second kappa shape index (κ2) is 2.94. The third-order valence-electron chi connectivity index (χ3n) is 2.87. The van der Waals surface area contributed by atoms with Gasteiger partial charge in [-0.1, -0.05) is 0 Å². The lowest BCUT2D eigenvalue weighted by Crippen LogP contribution is -2.31. The van der Waals surface area contributed by atoms with E-state index in [1.807, 2.05) is 6.07 Å². The van der Waals surface area contributed by atoms with E-state index in [2.05, 4.69) is 20.3 Å². The van der Waals surface area contributed by atoms with Crippen LogP contribution >= 0.6 is 0 Å². The molecule has 1 saturated carbocycles. The second-order valence-electron chi connectivity index (χ2n) is 3.97. The summed E-state index contributed by atoms with van der Waals surface area (Å²) >= 11 is 0. The fraction of sp³-hybridized carbons (Fsp3) is 0.300. The first-order valence-electron chi connectivity index (χ1n) is 5.01. The third kappa shape index (κ3) is 1.23. The average Bonchev–Trinajstić information content (AvgIpc) is 2.89. The van der Waals surface area contributed by atoms with Crippen LogP contribution in [0.4, 0.5) is 5.82 Å². The maximum absolute atomic E-state index is 11.0. The molecule has 0 aliphatic heterocycles. The number of rotatable bonds is 3. The smallest absolute Gasteiger partial charge is 0.329 e. The van der Waals surface area contributed by atoms with Crippen LogP contribution < -0.4 is 5.32 Å². The van der Waals surface area contributed by atoms with Crippen LogP contribution in [0.15, 0.2) is 18.6 Å². The monoisotopic (exact) mass is 218 g/mol. The van der Waals surface area contributed by atoms with E-state index < -0.39 is 11.5 Å². The number of nitrogens with one attached hydrogen (secondary N) is 2. The maximum Gasteiger partial charge on any atom is 0.329 e. The number of aliphatic carboxylic acids is 1. The highest BCUT2D eigenvalue weighted by atomic mass is 16.4. The van der Waals surface area contributed by atoms with Gasteiger partial charge in [0.05, 0.1) is 5.39 Å². The number of fused-ring (bicyclic) bond motifs is 1. The van der Waals surface area contributed by atoms with Crippen LogP contribution in [0.3, 0.4) is 0 Å². The summed E-state index contributed by atoms with van der Waals surface area (Å²) in [5.41, 5.74) is -0.114. The Kier molecular flexibility index (Phi) is 1.68. The molecule has 0 bridgehead atoms. The number of carbonyl (C=O) groups is 1. The quantitative estimate of drug-likeness (QED) is 0.714. The zero-order valence-electron chi connectivity index (χ0n) is 8.40. The van der Waals surface area contributed by atoms with Crippen molar-refractivity contribution < 1.29 is 9.90 Å². The molecular formula is C10H10N4O2. The molecule has 6 nitrogen and oxygen atoms in total. The zero-order valence-corrected chi connectivity index (χ0v) is 8.40. The van der Waals surface area contributed by atoms with Crippen LogP contribution in [-0.2, 0) is 4.79 Å². The number of anilines is 1. The minimum absolute atomic E-state index is 0.575. The normalized spacial score (nSPS) is 17.2. The minimum atomic E-state index is -0.824. The SMILES string of the molecule is O=C(O)C1(Nc2ncnc3[nH]ccc23)CC1. The first-order valence-corrected chi connectivity index (χ1v) is 5.01. The fourth-order valence-corrected chi connectivity index (χ4v) is 1.72. The van der Waals surface area contributed by atoms with E-state index in [0.29, 0.717) is 24.3 Å². The summed E-state index contributed by atoms with van der Waals surface area (Å²) in [5, 5.41) is 12.9. The van der Waals surface area contributed by atoms with Crippen LogP contribution in [-0.4, -0.2) is 31.6 Å². The predicted molar refractivity (Wildman–Crippen MR) is 57.1 cm³/mol. The molecule has 3 N–H and O–H groups in total. The molecule has 0 radical (unpaired) electrons. The van der Waals surface area contributed by atoms with Gasteiger partial charge in [0.2, 0.25) is 0 Å². The van der Waals surface area contributed by atoms with Gasteiger partial charge in [-0.25, -0.2) is 14.8 Å². The van der Waals surface area contributed by atoms with Crippen molar-refractivity contribution in [3.05, 3.63) is 18.6 Å². The lowest BCUT2D eigenvalue weighted by Gasteiger charge is -2.13. The van der Waals surface area contributed by atoms with E-state index in [-0.39, 0.29) is 0 Å². The molecule has 3 rings (SSSR count). The number of hydrogen-bond acceptors (Lipinski definition) is 4. The van der Waals surface area contributed by atoms with Crippen molar-refractivity contribution in [3.63, 3.8) is 0 Å². The van der Waals surface area contributed by atoms with E-state index in [4.69, 9.17) is 5.11 Å². The van der Waals surface area contributed by atoms with Crippen molar-refractivity contribution in [2.45, 2.75) is 18.4 Å². The lowest BCUT2D eigenvalue weighted by atomic mass is 10.2. The predicted octanol–water partition coefficient (Wildman–Crippen LogP) is 0.987. The molecule has 82 valence electrons. The summed E-state index contributed by atoms with van der Waals surface area (Å²) < 4.78 is 0. The van der Waals surface area contributed by atoms with Gasteiger partial charge >= 0.3 is 5.97 Å². The first-order chi connectivity index (χ1) is 7.71. The molecule has 0 amide bonds. The summed E-state index contributed by atoms with van der Waals surface area (Å²) in [6.07, 6.45) is 4.44. The number of carboxylic acids is 1. The van der Waals surface area contributed by atoms with Crippen molar-refractivity contribution in [2.24, 2.45) is 0 Å². The second-order valence-corrected chi connectivity index (χ2v) is 3.97. The third-order valence-corrected chi connectivity index (χ3v) is 2.87. The van der Waals surface area contributed by atoms with Crippen LogP contribution in [0.5, 0.6) is 0 Å². The van der Waals surface area contributed by atoms with E-state index >= 15 is 0 Å². The molecule has 1 fully saturated rings. The zero-order chi connectivity index (χ0) is 11.2. The Hall–Kier alpha value is -2.11. The van der Waals surface area contributed by atoms with Crippen molar-refractivity contribution in [3.8, 4) is 0 Å². The topological polar surface area (TPSA) is 90.9 Å². The summed E-state index contributed by atoms with van der Waals surface area (Å²) in [6, 6.07) is 1.83. The molecule has 2 aromatic heterocycles. The van der Waals surface area contributed by atoms with E-state index in [1.165, 1.54) is 6.33 Å². The lowest BCUT2D eigenvalue weighted by molar-refractivity contribution is -0.138. The van der Waals surface area contributed by atoms with Gasteiger partial charge in [-0.15, -0.1) is 0 Å². The molecule has 1 aliphatic rings. The number of aromatic nitrogens is 3. The van der Waals surface area contributed by atoms with Crippen LogP contribution in [0.2, 0.25) is 0 Å². The van der Waals surface area contributed by atoms with Gasteiger partial charge in [-0.05, 0) is 18.9 Å². The number of nitrogens with zero attached hydrogens (tertiary/aromatic N) is 2. The van der Waals surface area contributed by atoms with Crippen LogP contribution in [0, 0.1) is 0 Å². The highest BCUT2D eigenvalue weighted by Gasteiger charge is 2.51. The Morgan fingerprint density at radius 1 is 1.50 bits per heavy atom. The molecule has 16 heavy (non-hydrogen) atoms. The molecule has 0 spiro atoms. The number of carboxylic acid groups (broad SMARTS) is 1. The van der Waals surface area contributed by atoms with E-state index in [9.17, 15) is 4.79 Å². The Morgan fingerprint density at radius 3 is 3.00 bits per heavy atom. The van der Waals surface area contributed by atoms with Crippen molar-refractivity contribution >= 4 is 22.8 Å². The van der Waals surface area contributed by atoms with Gasteiger partial charge in [0.1, 0.15) is 23.3 Å². The fourth-order valence-electron chi connectivity index (χ4n) is 1.72. The molecule has 0 unspecified atom stereocenters. The first kappa shape index (κ1) is 9.14. The Balaban J connectivity index is 2.01. The van der Waals surface area contributed by atoms with Crippen molar-refractivity contribution in [1.29, 1.82) is 0 Å². The molecule has 1 aliphatic carbocycles. The molecule has 0 saturated heterocycles. The van der Waals surface area contributed by atoms with Gasteiger partial charge < -0.3 is 15.4 Å². The molecule has 2 aromatic rings.